The second kappa shape index (κ2) is 22.8. The molecule has 0 amide bonds. The molecule has 1 N–H and O–H groups in total. The zero-order valence-electron chi connectivity index (χ0n) is 37.8. The number of halogens is 4. The molecule has 0 aliphatic heterocycles. The molecule has 7 rings (SSSR count). The Morgan fingerprint density at radius 1 is 0.597 bits per heavy atom. The Hall–Kier alpha value is -3.73. The molecule has 0 saturated carbocycles. The molecule has 7 nitrogen and oxygen atoms in total. The summed E-state index contributed by atoms with van der Waals surface area (Å²) in [4.78, 5) is 0. The fraction of sp³-hybridized carbons (Fsp3) is 0.392. The zero-order valence-corrected chi connectivity index (χ0v) is 42.5. The summed E-state index contributed by atoms with van der Waals surface area (Å²) in [5, 5.41) is 29.8. The SMILES string of the molecule is CC/C=C(\CCC)c1c2cccc(-c3ccc(Cl)cc3Cl)c2nn1C.CC/C=C(\CCC)c1c2cccc(Br)c2nn1C.CCCC(O)(CCC)c1c2cccc(Br)c2nn1C. The summed E-state index contributed by atoms with van der Waals surface area (Å²) >= 11 is 19.6. The highest BCUT2D eigenvalue weighted by atomic mass is 79.9. The van der Waals surface area contributed by atoms with Crippen molar-refractivity contribution in [3.63, 3.8) is 0 Å². The lowest BCUT2D eigenvalue weighted by molar-refractivity contribution is 0.0106. The lowest BCUT2D eigenvalue weighted by atomic mass is 9.87. The van der Waals surface area contributed by atoms with Crippen LogP contribution in [0.15, 0.2) is 93.9 Å². The second-order valence-corrected chi connectivity index (χ2v) is 18.4. The summed E-state index contributed by atoms with van der Waals surface area (Å²) in [5.41, 5.74) is 10.3. The van der Waals surface area contributed by atoms with Crippen molar-refractivity contribution in [2.24, 2.45) is 21.1 Å². The number of benzene rings is 4. The highest BCUT2D eigenvalue weighted by Crippen LogP contribution is 2.39. The number of nitrogens with zero attached hydrogens (tertiary/aromatic N) is 6. The molecule has 0 aliphatic rings. The molecule has 0 spiro atoms. The van der Waals surface area contributed by atoms with E-state index in [0.717, 1.165) is 112 Å². The van der Waals surface area contributed by atoms with Gasteiger partial charge in [0.05, 0.1) is 17.1 Å². The van der Waals surface area contributed by atoms with E-state index in [-0.39, 0.29) is 0 Å². The van der Waals surface area contributed by atoms with Crippen molar-refractivity contribution in [1.29, 1.82) is 0 Å². The topological polar surface area (TPSA) is 73.7 Å². The van der Waals surface area contributed by atoms with E-state index in [1.165, 1.54) is 33.3 Å². The molecule has 0 saturated heterocycles. The van der Waals surface area contributed by atoms with Crippen LogP contribution >= 0.6 is 55.1 Å². The minimum atomic E-state index is -0.784. The average Bonchev–Trinajstić information content (AvgIpc) is 3.88. The van der Waals surface area contributed by atoms with E-state index < -0.39 is 5.60 Å². The lowest BCUT2D eigenvalue weighted by Crippen LogP contribution is -2.28. The summed E-state index contributed by atoms with van der Waals surface area (Å²) in [7, 11) is 5.96. The molecule has 3 aromatic heterocycles. The highest BCUT2D eigenvalue weighted by Gasteiger charge is 2.33. The van der Waals surface area contributed by atoms with E-state index in [2.05, 4.69) is 126 Å². The maximum atomic E-state index is 11.1. The van der Waals surface area contributed by atoms with Crippen LogP contribution < -0.4 is 0 Å². The molecule has 3 heterocycles. The van der Waals surface area contributed by atoms with Crippen LogP contribution in [0.1, 0.15) is 123 Å². The maximum absolute atomic E-state index is 11.1. The molecule has 0 radical (unpaired) electrons. The standard InChI is InChI=1S/C21H22Cl2N2.C15H21BrN2O.C15H19BrN2/c1-4-7-14(8-5-2)21-18-10-6-9-17(20(18)24-25(21)3)16-12-11-15(22)13-19(16)23;1-4-9-15(19,10-5-2)14-11-7-6-8-12(16)13(11)17-18(14)3;1-4-7-11(8-5-2)15-12-9-6-10-13(16)14(12)17-18(15)3/h6-7,9-13H,4-5,8H2,1-3H3;6-8,19H,4-5,9-10H2,1-3H3;6-7,9-10H,4-5,8H2,1-3H3/b14-7+;;11-7+. The quantitative estimate of drug-likeness (QED) is 0.118. The van der Waals surface area contributed by atoms with Gasteiger partial charge in [0.25, 0.3) is 0 Å². The second-order valence-electron chi connectivity index (χ2n) is 15.8. The fourth-order valence-electron chi connectivity index (χ4n) is 8.67. The maximum Gasteiger partial charge on any atom is 0.107 e. The molecule has 0 atom stereocenters. The van der Waals surface area contributed by atoms with E-state index in [4.69, 9.17) is 28.3 Å². The minimum absolute atomic E-state index is 0.638. The van der Waals surface area contributed by atoms with Crippen LogP contribution in [0.2, 0.25) is 10.0 Å². The Kier molecular flexibility index (Phi) is 18.1. The molecule has 7 aromatic rings. The first-order valence-electron chi connectivity index (χ1n) is 22.0. The summed E-state index contributed by atoms with van der Waals surface area (Å²) in [6, 6.07) is 24.2. The fourth-order valence-corrected chi connectivity index (χ4v) is 10.1. The van der Waals surface area contributed by atoms with E-state index in [1.54, 1.807) is 6.07 Å². The van der Waals surface area contributed by atoms with Crippen LogP contribution in [0, 0.1) is 0 Å². The van der Waals surface area contributed by atoms with Crippen molar-refractivity contribution in [2.45, 2.75) is 111 Å². The predicted octanol–water partition coefficient (Wildman–Crippen LogP) is 16.2. The third-order valence-corrected chi connectivity index (χ3v) is 12.9. The highest BCUT2D eigenvalue weighted by molar-refractivity contribution is 9.11. The van der Waals surface area contributed by atoms with Gasteiger partial charge in [-0.25, -0.2) is 0 Å². The van der Waals surface area contributed by atoms with Crippen LogP contribution in [0.4, 0.5) is 0 Å². The van der Waals surface area contributed by atoms with Gasteiger partial charge in [0, 0.05) is 67.4 Å². The summed E-state index contributed by atoms with van der Waals surface area (Å²) in [5.74, 6) is 0. The van der Waals surface area contributed by atoms with E-state index in [9.17, 15) is 5.11 Å². The smallest absolute Gasteiger partial charge is 0.107 e. The molecule has 11 heteroatoms. The first-order chi connectivity index (χ1) is 29.8. The van der Waals surface area contributed by atoms with Gasteiger partial charge in [-0.2, -0.15) is 15.3 Å². The number of aryl methyl sites for hydroxylation is 3. The van der Waals surface area contributed by atoms with Gasteiger partial charge < -0.3 is 5.11 Å². The molecular weight excluding hydrogens is 943 g/mol. The molecule has 0 aliphatic carbocycles. The van der Waals surface area contributed by atoms with Crippen molar-refractivity contribution in [3.8, 4) is 11.1 Å². The Morgan fingerprint density at radius 2 is 1.06 bits per heavy atom. The van der Waals surface area contributed by atoms with Crippen LogP contribution in [0.25, 0.3) is 55.0 Å². The first-order valence-corrected chi connectivity index (χ1v) is 24.4. The molecule has 330 valence electrons. The molecule has 0 fully saturated rings. The Morgan fingerprint density at radius 3 is 1.56 bits per heavy atom. The third kappa shape index (κ3) is 11.0. The van der Waals surface area contributed by atoms with Crippen molar-refractivity contribution < 1.29 is 5.11 Å². The predicted molar refractivity (Wildman–Crippen MR) is 273 cm³/mol. The van der Waals surface area contributed by atoms with Gasteiger partial charge in [0.2, 0.25) is 0 Å². The zero-order chi connectivity index (χ0) is 45.1. The average molecular weight is 1010 g/mol. The minimum Gasteiger partial charge on any atom is -0.384 e. The van der Waals surface area contributed by atoms with E-state index in [0.29, 0.717) is 10.0 Å². The van der Waals surface area contributed by atoms with E-state index in [1.807, 2.05) is 71.6 Å². The number of aliphatic hydroxyl groups is 1. The Labute approximate surface area is 395 Å². The van der Waals surface area contributed by atoms with Crippen LogP contribution in [-0.4, -0.2) is 34.4 Å². The van der Waals surface area contributed by atoms with Crippen molar-refractivity contribution >= 4 is 98.9 Å². The van der Waals surface area contributed by atoms with Gasteiger partial charge in [0.15, 0.2) is 0 Å². The van der Waals surface area contributed by atoms with Gasteiger partial charge in [-0.1, -0.05) is 151 Å². The molecule has 0 unspecified atom stereocenters. The largest absolute Gasteiger partial charge is 0.384 e. The molecular formula is C51H62Br2Cl2N6O. The number of allylic oxidation sites excluding steroid dienone is 4. The number of fused-ring (bicyclic) bond motifs is 3. The van der Waals surface area contributed by atoms with Gasteiger partial charge in [0.1, 0.15) is 22.2 Å². The van der Waals surface area contributed by atoms with Gasteiger partial charge in [-0.3, -0.25) is 14.0 Å². The Balaban J connectivity index is 0.000000179. The van der Waals surface area contributed by atoms with Gasteiger partial charge in [-0.15, -0.1) is 0 Å². The van der Waals surface area contributed by atoms with Crippen molar-refractivity contribution in [1.82, 2.24) is 29.3 Å². The molecule has 62 heavy (non-hydrogen) atoms. The Bertz CT molecular complexity index is 2670. The summed E-state index contributed by atoms with van der Waals surface area (Å²) < 4.78 is 7.87. The normalized spacial score (nSPS) is 12.2. The van der Waals surface area contributed by atoms with E-state index >= 15 is 0 Å². The van der Waals surface area contributed by atoms with Crippen molar-refractivity contribution in [3.05, 3.63) is 121 Å². The first kappa shape index (κ1) is 49.3. The molecule has 0 bridgehead atoms. The van der Waals surface area contributed by atoms with Gasteiger partial charge in [-0.05, 0) is 106 Å². The number of hydrogen-bond acceptors (Lipinski definition) is 4. The van der Waals surface area contributed by atoms with Gasteiger partial charge >= 0.3 is 0 Å². The number of hydrogen-bond donors (Lipinski definition) is 1. The number of aromatic nitrogens is 6. The monoisotopic (exact) mass is 1000 g/mol. The van der Waals surface area contributed by atoms with Crippen LogP contribution in [-0.2, 0) is 26.7 Å². The summed E-state index contributed by atoms with van der Waals surface area (Å²) in [6.07, 6.45) is 14.6. The summed E-state index contributed by atoms with van der Waals surface area (Å²) in [6.45, 7) is 13.0. The van der Waals surface area contributed by atoms with Crippen LogP contribution in [0.5, 0.6) is 0 Å². The third-order valence-electron chi connectivity index (χ3n) is 11.0. The molecule has 4 aromatic carbocycles. The van der Waals surface area contributed by atoms with Crippen LogP contribution in [0.3, 0.4) is 0 Å². The van der Waals surface area contributed by atoms with Crippen molar-refractivity contribution in [2.75, 3.05) is 0 Å². The lowest BCUT2D eigenvalue weighted by Gasteiger charge is -2.28. The number of rotatable bonds is 14.